The number of fused-ring (bicyclic) bond motifs is 3. The Balaban J connectivity index is 1.09. The van der Waals surface area contributed by atoms with Crippen molar-refractivity contribution < 1.29 is 0 Å². The second-order valence-electron chi connectivity index (χ2n) is 16.2. The van der Waals surface area contributed by atoms with Crippen LogP contribution in [0.15, 0.2) is 200 Å². The van der Waals surface area contributed by atoms with Crippen molar-refractivity contribution in [2.24, 2.45) is 5.92 Å². The lowest BCUT2D eigenvalue weighted by atomic mass is 9.76. The maximum Gasteiger partial charge on any atom is 0.160 e. The van der Waals surface area contributed by atoms with E-state index in [4.69, 9.17) is 19.9 Å². The maximum atomic E-state index is 5.38. The predicted molar refractivity (Wildman–Crippen MR) is 254 cm³/mol. The fraction of sp³-hybridized carbons (Fsp3) is 0.0877. The van der Waals surface area contributed by atoms with Gasteiger partial charge in [0, 0.05) is 44.9 Å². The van der Waals surface area contributed by atoms with E-state index in [-0.39, 0.29) is 11.8 Å². The largest absolute Gasteiger partial charge is 0.310 e. The summed E-state index contributed by atoms with van der Waals surface area (Å²) in [6, 6.07) is 63.6. The number of para-hydroxylation sites is 1. The first kappa shape index (κ1) is 37.3. The molecule has 5 heteroatoms. The first-order valence-corrected chi connectivity index (χ1v) is 21.5. The maximum absolute atomic E-state index is 5.38. The van der Waals surface area contributed by atoms with Gasteiger partial charge in [0.05, 0.1) is 28.3 Å². The van der Waals surface area contributed by atoms with Crippen LogP contribution in [0.25, 0.3) is 79.1 Å². The fourth-order valence-corrected chi connectivity index (χ4v) is 9.15. The molecule has 0 saturated heterocycles. The van der Waals surface area contributed by atoms with Gasteiger partial charge in [-0.25, -0.2) is 19.9 Å². The van der Waals surface area contributed by atoms with Gasteiger partial charge in [-0.3, -0.25) is 0 Å². The second-order valence-corrected chi connectivity index (χ2v) is 16.2. The molecule has 0 bridgehead atoms. The van der Waals surface area contributed by atoms with Crippen LogP contribution in [-0.4, -0.2) is 24.5 Å². The van der Waals surface area contributed by atoms with E-state index in [9.17, 15) is 0 Å². The highest BCUT2D eigenvalue weighted by Crippen LogP contribution is 2.45. The second kappa shape index (κ2) is 16.0. The lowest BCUT2D eigenvalue weighted by Crippen LogP contribution is -2.17. The van der Waals surface area contributed by atoms with E-state index in [0.717, 1.165) is 80.3 Å². The van der Waals surface area contributed by atoms with E-state index in [1.807, 2.05) is 48.5 Å². The van der Waals surface area contributed by atoms with Crippen LogP contribution in [0.4, 0.5) is 0 Å². The molecule has 2 atom stereocenters. The van der Waals surface area contributed by atoms with Crippen molar-refractivity contribution in [3.63, 3.8) is 0 Å². The van der Waals surface area contributed by atoms with Gasteiger partial charge in [0.2, 0.25) is 0 Å². The van der Waals surface area contributed by atoms with Crippen LogP contribution in [0.1, 0.15) is 47.5 Å². The van der Waals surface area contributed by atoms with Crippen molar-refractivity contribution in [2.75, 3.05) is 0 Å². The third-order valence-corrected chi connectivity index (χ3v) is 12.3. The minimum Gasteiger partial charge on any atom is -0.310 e. The van der Waals surface area contributed by atoms with Crippen LogP contribution in [0, 0.1) is 5.92 Å². The molecule has 5 nitrogen and oxygen atoms in total. The van der Waals surface area contributed by atoms with Gasteiger partial charge < -0.3 is 4.57 Å². The van der Waals surface area contributed by atoms with Crippen LogP contribution in [0.5, 0.6) is 0 Å². The Bertz CT molecular complexity index is 3050. The van der Waals surface area contributed by atoms with Gasteiger partial charge in [-0.2, -0.15) is 0 Å². The van der Waals surface area contributed by atoms with Gasteiger partial charge in [-0.1, -0.05) is 171 Å². The van der Waals surface area contributed by atoms with Crippen LogP contribution in [0.3, 0.4) is 0 Å². The van der Waals surface area contributed by atoms with E-state index in [1.165, 1.54) is 22.2 Å². The average Bonchev–Trinajstić information content (AvgIpc) is 3.69. The molecule has 11 rings (SSSR count). The zero-order valence-electron chi connectivity index (χ0n) is 34.4. The summed E-state index contributed by atoms with van der Waals surface area (Å²) in [7, 11) is 0. The Morgan fingerprint density at radius 1 is 0.516 bits per heavy atom. The monoisotopic (exact) mass is 797 g/mol. The number of hydrogen-bond acceptors (Lipinski definition) is 4. The summed E-state index contributed by atoms with van der Waals surface area (Å²) in [5.41, 5.74) is 16.2. The average molecular weight is 798 g/mol. The molecule has 0 radical (unpaired) electrons. The molecule has 62 heavy (non-hydrogen) atoms. The van der Waals surface area contributed by atoms with Gasteiger partial charge in [-0.15, -0.1) is 0 Å². The molecule has 3 aromatic heterocycles. The summed E-state index contributed by atoms with van der Waals surface area (Å²) < 4.78 is 2.42. The summed E-state index contributed by atoms with van der Waals surface area (Å²) in [4.78, 5) is 21.0. The molecule has 9 aromatic rings. The van der Waals surface area contributed by atoms with Crippen LogP contribution < -0.4 is 0 Å². The molecule has 2 aliphatic carbocycles. The molecular formula is C57H43N5. The molecule has 2 unspecified atom stereocenters. The zero-order valence-corrected chi connectivity index (χ0v) is 34.4. The highest BCUT2D eigenvalue weighted by Gasteiger charge is 2.30. The molecule has 0 spiro atoms. The van der Waals surface area contributed by atoms with Crippen molar-refractivity contribution in [1.82, 2.24) is 24.5 Å². The van der Waals surface area contributed by atoms with E-state index in [1.54, 1.807) is 0 Å². The molecular weight excluding hydrogens is 755 g/mol. The molecule has 0 N–H and O–H groups in total. The molecule has 0 saturated carbocycles. The van der Waals surface area contributed by atoms with Crippen LogP contribution >= 0.6 is 0 Å². The van der Waals surface area contributed by atoms with Crippen molar-refractivity contribution in [3.05, 3.63) is 228 Å². The molecule has 296 valence electrons. The third kappa shape index (κ3) is 6.97. The number of allylic oxidation sites excluding steroid dienone is 5. The normalized spacial score (nSPS) is 15.8. The smallest absolute Gasteiger partial charge is 0.160 e. The van der Waals surface area contributed by atoms with E-state index in [0.29, 0.717) is 11.6 Å². The minimum absolute atomic E-state index is 0.00636. The SMILES string of the molecule is CC1C(c2cc(-c3ccccc3)nc(-c3ccccc3)n2)=CC(c2ccc(-n3c4c(c5ccccc53)CCC=C4)cc2)=CC1c1cc(-c2ccccc2)nc(-c2ccccc2)n1. The number of aromatic nitrogens is 5. The lowest BCUT2D eigenvalue weighted by molar-refractivity contribution is 0.636. The van der Waals surface area contributed by atoms with Gasteiger partial charge in [0.15, 0.2) is 11.6 Å². The zero-order chi connectivity index (χ0) is 41.4. The Labute approximate surface area is 362 Å². The standard InChI is InChI=1S/C57H43N5/c1-38-48(52-36-50(40-18-6-2-7-19-40)58-56(60-52)42-22-10-4-11-23-42)34-44(39-30-32-45(33-31-39)62-54-28-16-14-26-46(54)47-27-15-17-29-55(47)62)35-49(38)53-37-51(41-20-8-3-9-21-41)59-57(61-53)43-24-12-5-13-25-43/h2-14,16-26,28-38,48H,15,27H2,1H3. The fourth-order valence-electron chi connectivity index (χ4n) is 9.15. The predicted octanol–water partition coefficient (Wildman–Crippen LogP) is 13.7. The Morgan fingerprint density at radius 2 is 1.06 bits per heavy atom. The highest BCUT2D eigenvalue weighted by atomic mass is 15.0. The van der Waals surface area contributed by atoms with E-state index >= 15 is 0 Å². The number of aryl methyl sites for hydroxylation is 1. The molecule has 6 aromatic carbocycles. The highest BCUT2D eigenvalue weighted by molar-refractivity contribution is 5.92. The van der Waals surface area contributed by atoms with E-state index < -0.39 is 0 Å². The Kier molecular flexibility index (Phi) is 9.62. The number of hydrogen-bond donors (Lipinski definition) is 0. The summed E-state index contributed by atoms with van der Waals surface area (Å²) >= 11 is 0. The number of rotatable bonds is 8. The van der Waals surface area contributed by atoms with Crippen molar-refractivity contribution in [1.29, 1.82) is 0 Å². The number of benzene rings is 6. The topological polar surface area (TPSA) is 56.5 Å². The lowest BCUT2D eigenvalue weighted by Gasteiger charge is -2.29. The Hall–Kier alpha value is -7.76. The molecule has 0 fully saturated rings. The van der Waals surface area contributed by atoms with Gasteiger partial charge in [0.1, 0.15) is 0 Å². The minimum atomic E-state index is -0.0986. The first-order valence-electron chi connectivity index (χ1n) is 21.5. The Morgan fingerprint density at radius 3 is 1.71 bits per heavy atom. The molecule has 3 heterocycles. The van der Waals surface area contributed by atoms with Crippen molar-refractivity contribution in [2.45, 2.75) is 25.7 Å². The first-order chi connectivity index (χ1) is 30.6. The van der Waals surface area contributed by atoms with Gasteiger partial charge in [0.25, 0.3) is 0 Å². The molecule has 0 amide bonds. The van der Waals surface area contributed by atoms with Gasteiger partial charge >= 0.3 is 0 Å². The van der Waals surface area contributed by atoms with Crippen molar-refractivity contribution in [3.8, 4) is 51.0 Å². The van der Waals surface area contributed by atoms with Crippen molar-refractivity contribution >= 4 is 28.1 Å². The quantitative estimate of drug-likeness (QED) is 0.154. The van der Waals surface area contributed by atoms with E-state index in [2.05, 4.69) is 169 Å². The van der Waals surface area contributed by atoms with Crippen LogP contribution in [0.2, 0.25) is 0 Å². The number of nitrogens with zero attached hydrogens (tertiary/aromatic N) is 5. The molecule has 2 aliphatic rings. The summed E-state index contributed by atoms with van der Waals surface area (Å²) in [5, 5.41) is 1.33. The van der Waals surface area contributed by atoms with Crippen LogP contribution in [-0.2, 0) is 6.42 Å². The summed E-state index contributed by atoms with van der Waals surface area (Å²) in [6.45, 7) is 2.31. The molecule has 0 aliphatic heterocycles. The third-order valence-electron chi connectivity index (χ3n) is 12.3. The summed E-state index contributed by atoms with van der Waals surface area (Å²) in [5.74, 6) is 1.31. The summed E-state index contributed by atoms with van der Waals surface area (Å²) in [6.07, 6.45) is 11.5. The van der Waals surface area contributed by atoms with Gasteiger partial charge in [-0.05, 0) is 83.5 Å².